The number of aryl methyl sites for hydroxylation is 1. The Kier molecular flexibility index (Phi) is 5.59. The van der Waals surface area contributed by atoms with Gasteiger partial charge in [0, 0.05) is 18.2 Å². The molecule has 2 rings (SSSR count). The molecule has 1 aliphatic rings. The molecule has 1 fully saturated rings. The summed E-state index contributed by atoms with van der Waals surface area (Å²) in [4.78, 5) is 15.8. The number of carbonyl (C=O) groups excluding carboxylic acids is 1. The van der Waals surface area contributed by atoms with E-state index >= 15 is 0 Å². The maximum atomic E-state index is 11.8. The van der Waals surface area contributed by atoms with Gasteiger partial charge in [-0.3, -0.25) is 9.79 Å². The number of hydrogen-bond donors (Lipinski definition) is 3. The minimum atomic E-state index is -2.99. The molecule has 1 aromatic rings. The topological polar surface area (TPSA) is 114 Å². The second-order valence-corrected chi connectivity index (χ2v) is 7.90. The summed E-state index contributed by atoms with van der Waals surface area (Å²) in [6, 6.07) is 7.42. The first-order valence-corrected chi connectivity index (χ1v) is 9.29. The summed E-state index contributed by atoms with van der Waals surface area (Å²) in [5.41, 5.74) is 7.74. The number of rotatable bonds is 5. The van der Waals surface area contributed by atoms with Crippen LogP contribution >= 0.6 is 0 Å². The fraction of sp³-hybridized carbons (Fsp3) is 0.467. The molecule has 1 heterocycles. The van der Waals surface area contributed by atoms with Crippen LogP contribution in [-0.4, -0.2) is 44.4 Å². The number of nitrogens with zero attached hydrogens (tertiary/aromatic N) is 1. The zero-order chi connectivity index (χ0) is 16.9. The van der Waals surface area contributed by atoms with Gasteiger partial charge >= 0.3 is 0 Å². The van der Waals surface area contributed by atoms with Crippen LogP contribution in [0.1, 0.15) is 18.4 Å². The molecule has 0 radical (unpaired) electrons. The molecule has 0 aromatic heterocycles. The molecular formula is C15H22N4O3S. The average molecular weight is 338 g/mol. The molecule has 1 saturated heterocycles. The largest absolute Gasteiger partial charge is 0.370 e. The molecule has 1 unspecified atom stereocenters. The van der Waals surface area contributed by atoms with Gasteiger partial charge in [0.05, 0.1) is 18.1 Å². The van der Waals surface area contributed by atoms with Crippen LogP contribution in [0.3, 0.4) is 0 Å². The van der Waals surface area contributed by atoms with E-state index < -0.39 is 9.84 Å². The van der Waals surface area contributed by atoms with Gasteiger partial charge in [0.1, 0.15) is 0 Å². The van der Waals surface area contributed by atoms with Gasteiger partial charge in [0.25, 0.3) is 0 Å². The number of anilines is 1. The lowest BCUT2D eigenvalue weighted by atomic mass is 10.2. The Balaban J connectivity index is 1.72. The van der Waals surface area contributed by atoms with E-state index in [1.807, 2.05) is 31.2 Å². The quantitative estimate of drug-likeness (QED) is 0.532. The number of guanidine groups is 1. The Morgan fingerprint density at radius 3 is 2.65 bits per heavy atom. The van der Waals surface area contributed by atoms with E-state index in [2.05, 4.69) is 15.6 Å². The highest BCUT2D eigenvalue weighted by Gasteiger charge is 2.28. The van der Waals surface area contributed by atoms with Gasteiger partial charge in [-0.1, -0.05) is 17.7 Å². The first-order valence-electron chi connectivity index (χ1n) is 7.47. The monoisotopic (exact) mass is 338 g/mol. The maximum absolute atomic E-state index is 11.8. The van der Waals surface area contributed by atoms with Crippen LogP contribution in [0.15, 0.2) is 29.3 Å². The van der Waals surface area contributed by atoms with Gasteiger partial charge in [-0.2, -0.15) is 0 Å². The van der Waals surface area contributed by atoms with Crippen molar-refractivity contribution in [3.05, 3.63) is 29.8 Å². The minimum Gasteiger partial charge on any atom is -0.370 e. The smallest absolute Gasteiger partial charge is 0.222 e. The van der Waals surface area contributed by atoms with Crippen molar-refractivity contribution in [2.45, 2.75) is 25.8 Å². The number of amides is 1. The molecule has 7 nitrogen and oxygen atoms in total. The molecule has 0 spiro atoms. The van der Waals surface area contributed by atoms with Gasteiger partial charge in [0.15, 0.2) is 15.8 Å². The Morgan fingerprint density at radius 1 is 1.35 bits per heavy atom. The number of sulfone groups is 1. The summed E-state index contributed by atoms with van der Waals surface area (Å²) in [6.45, 7) is 2.24. The van der Waals surface area contributed by atoms with E-state index in [9.17, 15) is 13.2 Å². The summed E-state index contributed by atoms with van der Waals surface area (Å²) < 4.78 is 22.6. The predicted octanol–water partition coefficient (Wildman–Crippen LogP) is 0.415. The number of nitrogens with two attached hydrogens (primary N) is 1. The Hall–Kier alpha value is -2.09. The third-order valence-corrected chi connectivity index (χ3v) is 5.31. The van der Waals surface area contributed by atoms with Crippen LogP contribution in [-0.2, 0) is 14.6 Å². The van der Waals surface area contributed by atoms with Crippen molar-refractivity contribution in [1.82, 2.24) is 5.32 Å². The molecule has 1 aliphatic heterocycles. The molecule has 1 aromatic carbocycles. The minimum absolute atomic E-state index is 0.0269. The van der Waals surface area contributed by atoms with Crippen molar-refractivity contribution >= 4 is 27.4 Å². The Morgan fingerprint density at radius 2 is 2.04 bits per heavy atom. The van der Waals surface area contributed by atoms with Gasteiger partial charge in [-0.25, -0.2) is 8.42 Å². The molecule has 1 amide bonds. The van der Waals surface area contributed by atoms with Crippen LogP contribution in [0, 0.1) is 6.92 Å². The van der Waals surface area contributed by atoms with Gasteiger partial charge in [0.2, 0.25) is 5.91 Å². The number of nitrogens with one attached hydrogen (secondary N) is 2. The molecule has 0 aliphatic carbocycles. The Bertz CT molecular complexity index is 683. The van der Waals surface area contributed by atoms with Crippen LogP contribution in [0.5, 0.6) is 0 Å². The molecule has 0 saturated carbocycles. The van der Waals surface area contributed by atoms with E-state index in [0.717, 1.165) is 11.3 Å². The highest BCUT2D eigenvalue weighted by atomic mass is 32.2. The van der Waals surface area contributed by atoms with Crippen molar-refractivity contribution in [2.24, 2.45) is 10.7 Å². The fourth-order valence-electron chi connectivity index (χ4n) is 2.31. The number of aliphatic imine (C=N–C) groups is 1. The zero-order valence-electron chi connectivity index (χ0n) is 13.1. The molecule has 23 heavy (non-hydrogen) atoms. The first-order chi connectivity index (χ1) is 10.8. The van der Waals surface area contributed by atoms with E-state index in [-0.39, 0.29) is 42.4 Å². The van der Waals surface area contributed by atoms with Crippen molar-refractivity contribution in [3.63, 3.8) is 0 Å². The highest BCUT2D eigenvalue weighted by molar-refractivity contribution is 7.91. The summed E-state index contributed by atoms with van der Waals surface area (Å²) in [5, 5.41) is 5.66. The van der Waals surface area contributed by atoms with Crippen LogP contribution in [0.4, 0.5) is 5.69 Å². The molecule has 126 valence electrons. The normalized spacial score (nSPS) is 20.2. The lowest BCUT2D eigenvalue weighted by Gasteiger charge is -2.10. The van der Waals surface area contributed by atoms with E-state index in [4.69, 9.17) is 5.73 Å². The third kappa shape index (κ3) is 5.90. The summed E-state index contributed by atoms with van der Waals surface area (Å²) in [5.74, 6) is 0.201. The van der Waals surface area contributed by atoms with Crippen LogP contribution in [0.2, 0.25) is 0 Å². The van der Waals surface area contributed by atoms with E-state index in [0.29, 0.717) is 6.42 Å². The van der Waals surface area contributed by atoms with Crippen molar-refractivity contribution in [3.8, 4) is 0 Å². The second kappa shape index (κ2) is 7.45. The summed E-state index contributed by atoms with van der Waals surface area (Å²) in [7, 11) is -2.99. The first kappa shape index (κ1) is 17.3. The van der Waals surface area contributed by atoms with Crippen molar-refractivity contribution in [2.75, 3.05) is 23.4 Å². The summed E-state index contributed by atoms with van der Waals surface area (Å²) in [6.07, 6.45) is 0.654. The number of hydrogen-bond acceptors (Lipinski definition) is 4. The SMILES string of the molecule is Cc1ccc(NC(N)=NCCC(=O)NC2CCS(=O)(=O)C2)cc1. The average Bonchev–Trinajstić information content (AvgIpc) is 2.80. The fourth-order valence-corrected chi connectivity index (χ4v) is 3.98. The number of benzene rings is 1. The van der Waals surface area contributed by atoms with Gasteiger partial charge in [-0.05, 0) is 25.5 Å². The standard InChI is InChI=1S/C15H22N4O3S/c1-11-2-4-12(5-3-11)19-15(16)17-8-6-14(20)18-13-7-9-23(21,22)10-13/h2-5,13H,6-10H2,1H3,(H,18,20)(H3,16,17,19). The third-order valence-electron chi connectivity index (χ3n) is 3.54. The molecule has 1 atom stereocenters. The number of carbonyl (C=O) groups is 1. The van der Waals surface area contributed by atoms with E-state index in [1.54, 1.807) is 0 Å². The van der Waals surface area contributed by atoms with Gasteiger partial charge < -0.3 is 16.4 Å². The highest BCUT2D eigenvalue weighted by Crippen LogP contribution is 2.11. The summed E-state index contributed by atoms with van der Waals surface area (Å²) >= 11 is 0. The molecule has 8 heteroatoms. The Labute approximate surface area is 136 Å². The van der Waals surface area contributed by atoms with Gasteiger partial charge in [-0.15, -0.1) is 0 Å². The molecule has 0 bridgehead atoms. The van der Waals surface area contributed by atoms with Crippen LogP contribution < -0.4 is 16.4 Å². The molecular weight excluding hydrogens is 316 g/mol. The van der Waals surface area contributed by atoms with E-state index in [1.165, 1.54) is 0 Å². The maximum Gasteiger partial charge on any atom is 0.222 e. The predicted molar refractivity (Wildman–Crippen MR) is 91.1 cm³/mol. The van der Waals surface area contributed by atoms with Crippen molar-refractivity contribution < 1.29 is 13.2 Å². The lowest BCUT2D eigenvalue weighted by Crippen LogP contribution is -2.36. The van der Waals surface area contributed by atoms with Crippen molar-refractivity contribution in [1.29, 1.82) is 0 Å². The zero-order valence-corrected chi connectivity index (χ0v) is 13.9. The lowest BCUT2D eigenvalue weighted by molar-refractivity contribution is -0.121. The molecule has 4 N–H and O–H groups in total. The second-order valence-electron chi connectivity index (χ2n) is 5.68. The van der Waals surface area contributed by atoms with Crippen LogP contribution in [0.25, 0.3) is 0 Å².